The van der Waals surface area contributed by atoms with Gasteiger partial charge in [0.15, 0.2) is 0 Å². The Balaban J connectivity index is 1.92. The van der Waals surface area contributed by atoms with E-state index in [-0.39, 0.29) is 6.04 Å². The SMILES string of the molecule is CC1CN(C)CCCN1S(=O)(=O)c1ccc2c(c1)NCC2. The predicted octanol–water partition coefficient (Wildman–Crippen LogP) is 1.37. The van der Waals surface area contributed by atoms with E-state index in [1.807, 2.05) is 20.0 Å². The lowest BCUT2D eigenvalue weighted by Crippen LogP contribution is -2.41. The van der Waals surface area contributed by atoms with Crippen LogP contribution in [0, 0.1) is 0 Å². The van der Waals surface area contributed by atoms with Crippen molar-refractivity contribution in [1.82, 2.24) is 9.21 Å². The Morgan fingerprint density at radius 1 is 1.29 bits per heavy atom. The van der Waals surface area contributed by atoms with Crippen LogP contribution in [0.4, 0.5) is 5.69 Å². The molecule has 1 fully saturated rings. The van der Waals surface area contributed by atoms with Crippen molar-refractivity contribution in [1.29, 1.82) is 0 Å². The molecule has 0 aromatic heterocycles. The Kier molecular flexibility index (Phi) is 3.94. The number of hydrogen-bond acceptors (Lipinski definition) is 4. The molecule has 1 aromatic rings. The van der Waals surface area contributed by atoms with Gasteiger partial charge in [-0.25, -0.2) is 8.42 Å². The molecule has 1 saturated heterocycles. The molecule has 2 aliphatic heterocycles. The van der Waals surface area contributed by atoms with Crippen molar-refractivity contribution in [2.75, 3.05) is 38.5 Å². The number of rotatable bonds is 2. The fourth-order valence-electron chi connectivity index (χ4n) is 3.27. The number of nitrogens with one attached hydrogen (secondary N) is 1. The van der Waals surface area contributed by atoms with Crippen LogP contribution in [0.1, 0.15) is 18.9 Å². The van der Waals surface area contributed by atoms with Gasteiger partial charge in [-0.3, -0.25) is 0 Å². The molecule has 2 aliphatic rings. The smallest absolute Gasteiger partial charge is 0.243 e. The third kappa shape index (κ3) is 2.80. The quantitative estimate of drug-likeness (QED) is 0.896. The van der Waals surface area contributed by atoms with Crippen LogP contribution in [-0.2, 0) is 16.4 Å². The van der Waals surface area contributed by atoms with Gasteiger partial charge in [-0.15, -0.1) is 0 Å². The summed E-state index contributed by atoms with van der Waals surface area (Å²) >= 11 is 0. The summed E-state index contributed by atoms with van der Waals surface area (Å²) in [6.07, 6.45) is 1.85. The molecular formula is C15H23N3O2S. The first kappa shape index (κ1) is 14.8. The Morgan fingerprint density at radius 3 is 2.90 bits per heavy atom. The van der Waals surface area contributed by atoms with Gasteiger partial charge in [0.25, 0.3) is 0 Å². The second-order valence-electron chi connectivity index (χ2n) is 6.08. The predicted molar refractivity (Wildman–Crippen MR) is 84.1 cm³/mol. The number of hydrogen-bond donors (Lipinski definition) is 1. The van der Waals surface area contributed by atoms with Gasteiger partial charge < -0.3 is 10.2 Å². The topological polar surface area (TPSA) is 52.7 Å². The van der Waals surface area contributed by atoms with Gasteiger partial charge >= 0.3 is 0 Å². The monoisotopic (exact) mass is 309 g/mol. The molecule has 0 radical (unpaired) electrons. The molecule has 2 heterocycles. The fourth-order valence-corrected chi connectivity index (χ4v) is 4.96. The molecule has 1 unspecified atom stereocenters. The first-order valence-corrected chi connectivity index (χ1v) is 8.99. The fraction of sp³-hybridized carbons (Fsp3) is 0.600. The molecule has 1 N–H and O–H groups in total. The maximum atomic E-state index is 12.9. The molecule has 1 atom stereocenters. The van der Waals surface area contributed by atoms with E-state index in [9.17, 15) is 8.42 Å². The molecule has 0 saturated carbocycles. The van der Waals surface area contributed by atoms with E-state index < -0.39 is 10.0 Å². The average molecular weight is 309 g/mol. The van der Waals surface area contributed by atoms with Crippen molar-refractivity contribution >= 4 is 15.7 Å². The standard InChI is InChI=1S/C15H23N3O2S/c1-12-11-17(2)8-3-9-18(12)21(19,20)14-5-4-13-6-7-16-15(13)10-14/h4-5,10,12,16H,3,6-9,11H2,1-2H3. The van der Waals surface area contributed by atoms with Crippen molar-refractivity contribution in [3.05, 3.63) is 23.8 Å². The molecule has 6 heteroatoms. The summed E-state index contributed by atoms with van der Waals surface area (Å²) in [7, 11) is -1.37. The van der Waals surface area contributed by atoms with Crippen molar-refractivity contribution in [2.45, 2.75) is 30.7 Å². The lowest BCUT2D eigenvalue weighted by atomic mass is 10.2. The number of anilines is 1. The minimum absolute atomic E-state index is 0.00344. The van der Waals surface area contributed by atoms with Gasteiger partial charge in [0.1, 0.15) is 0 Å². The summed E-state index contributed by atoms with van der Waals surface area (Å²) in [6, 6.07) is 5.49. The van der Waals surface area contributed by atoms with Crippen LogP contribution in [0.3, 0.4) is 0 Å². The summed E-state index contributed by atoms with van der Waals surface area (Å²) < 4.78 is 27.5. The maximum absolute atomic E-state index is 12.9. The molecule has 0 aliphatic carbocycles. The van der Waals surface area contributed by atoms with Gasteiger partial charge in [0.2, 0.25) is 10.0 Å². The lowest BCUT2D eigenvalue weighted by Gasteiger charge is -2.27. The Labute approximate surface area is 127 Å². The number of fused-ring (bicyclic) bond motifs is 1. The van der Waals surface area contributed by atoms with Gasteiger partial charge in [-0.05, 0) is 51.1 Å². The highest BCUT2D eigenvalue weighted by molar-refractivity contribution is 7.89. The number of benzene rings is 1. The van der Waals surface area contributed by atoms with Crippen LogP contribution in [0.2, 0.25) is 0 Å². The Bertz CT molecular complexity index is 630. The first-order valence-electron chi connectivity index (χ1n) is 7.55. The summed E-state index contributed by atoms with van der Waals surface area (Å²) in [5, 5.41) is 3.25. The molecule has 3 rings (SSSR count). The number of nitrogens with zero attached hydrogens (tertiary/aromatic N) is 2. The summed E-state index contributed by atoms with van der Waals surface area (Å²) in [4.78, 5) is 2.61. The highest BCUT2D eigenvalue weighted by atomic mass is 32.2. The third-order valence-corrected chi connectivity index (χ3v) is 6.39. The van der Waals surface area contributed by atoms with Crippen LogP contribution >= 0.6 is 0 Å². The molecule has 21 heavy (non-hydrogen) atoms. The third-order valence-electron chi connectivity index (χ3n) is 4.38. The number of likely N-dealkylation sites (N-methyl/N-ethyl adjacent to an activating group) is 1. The van der Waals surface area contributed by atoms with E-state index in [2.05, 4.69) is 10.2 Å². The molecular weight excluding hydrogens is 286 g/mol. The lowest BCUT2D eigenvalue weighted by molar-refractivity contribution is 0.290. The molecule has 116 valence electrons. The average Bonchev–Trinajstić information content (AvgIpc) is 2.83. The van der Waals surface area contributed by atoms with Gasteiger partial charge in [-0.2, -0.15) is 4.31 Å². The van der Waals surface area contributed by atoms with Crippen LogP contribution in [0.5, 0.6) is 0 Å². The van der Waals surface area contributed by atoms with Crippen LogP contribution in [0.15, 0.2) is 23.1 Å². The normalized spacial score (nSPS) is 24.4. The zero-order chi connectivity index (χ0) is 15.0. The minimum Gasteiger partial charge on any atom is -0.384 e. The van der Waals surface area contributed by atoms with Crippen molar-refractivity contribution in [3.63, 3.8) is 0 Å². The highest BCUT2D eigenvalue weighted by Gasteiger charge is 2.31. The van der Waals surface area contributed by atoms with Crippen molar-refractivity contribution in [2.24, 2.45) is 0 Å². The molecule has 0 spiro atoms. The second kappa shape index (κ2) is 5.59. The van der Waals surface area contributed by atoms with Gasteiger partial charge in [0, 0.05) is 31.4 Å². The minimum atomic E-state index is -3.41. The molecule has 0 bridgehead atoms. The van der Waals surface area contributed by atoms with Crippen molar-refractivity contribution in [3.8, 4) is 0 Å². The van der Waals surface area contributed by atoms with Crippen LogP contribution in [0.25, 0.3) is 0 Å². The molecule has 0 amide bonds. The highest BCUT2D eigenvalue weighted by Crippen LogP contribution is 2.28. The Morgan fingerprint density at radius 2 is 2.10 bits per heavy atom. The van der Waals surface area contributed by atoms with E-state index >= 15 is 0 Å². The van der Waals surface area contributed by atoms with E-state index in [1.54, 1.807) is 16.4 Å². The van der Waals surface area contributed by atoms with Crippen LogP contribution in [-0.4, -0.2) is 56.9 Å². The zero-order valence-electron chi connectivity index (χ0n) is 12.7. The van der Waals surface area contributed by atoms with E-state index in [0.717, 1.165) is 38.2 Å². The van der Waals surface area contributed by atoms with Gasteiger partial charge in [0.05, 0.1) is 4.90 Å². The summed E-state index contributed by atoms with van der Waals surface area (Å²) in [6.45, 7) is 5.21. The van der Waals surface area contributed by atoms with E-state index in [4.69, 9.17) is 0 Å². The van der Waals surface area contributed by atoms with E-state index in [0.29, 0.717) is 11.4 Å². The van der Waals surface area contributed by atoms with Crippen molar-refractivity contribution < 1.29 is 8.42 Å². The van der Waals surface area contributed by atoms with E-state index in [1.165, 1.54) is 5.56 Å². The second-order valence-corrected chi connectivity index (χ2v) is 7.97. The first-order chi connectivity index (χ1) is 9.98. The summed E-state index contributed by atoms with van der Waals surface area (Å²) in [5.41, 5.74) is 2.17. The molecule has 5 nitrogen and oxygen atoms in total. The number of sulfonamides is 1. The van der Waals surface area contributed by atoms with Crippen LogP contribution < -0.4 is 5.32 Å². The maximum Gasteiger partial charge on any atom is 0.243 e. The Hall–Kier alpha value is -1.11. The zero-order valence-corrected chi connectivity index (χ0v) is 13.5. The summed E-state index contributed by atoms with van der Waals surface area (Å²) in [5.74, 6) is 0. The van der Waals surface area contributed by atoms with Gasteiger partial charge in [-0.1, -0.05) is 6.07 Å². The largest absolute Gasteiger partial charge is 0.384 e. The molecule has 1 aromatic carbocycles.